The van der Waals surface area contributed by atoms with Gasteiger partial charge in [0, 0.05) is 6.42 Å². The number of carboxylic acids is 1. The van der Waals surface area contributed by atoms with E-state index in [0.717, 1.165) is 28.6 Å². The Morgan fingerprint density at radius 2 is 2.23 bits per heavy atom. The van der Waals surface area contributed by atoms with Crippen molar-refractivity contribution in [3.63, 3.8) is 0 Å². The highest BCUT2D eigenvalue weighted by Crippen LogP contribution is 2.33. The van der Waals surface area contributed by atoms with Crippen LogP contribution in [-0.2, 0) is 16.0 Å². The van der Waals surface area contributed by atoms with E-state index in [2.05, 4.69) is 10.3 Å². The summed E-state index contributed by atoms with van der Waals surface area (Å²) in [5.74, 6) is -0.668. The van der Waals surface area contributed by atoms with Gasteiger partial charge in [-0.05, 0) is 36.5 Å². The molecule has 0 radical (unpaired) electrons. The van der Waals surface area contributed by atoms with E-state index in [4.69, 9.17) is 5.11 Å². The molecular formula is C16H18N2O3S. The molecule has 1 aromatic heterocycles. The van der Waals surface area contributed by atoms with Crippen LogP contribution in [-0.4, -0.2) is 28.0 Å². The van der Waals surface area contributed by atoms with Gasteiger partial charge < -0.3 is 10.4 Å². The molecule has 1 aromatic carbocycles. The summed E-state index contributed by atoms with van der Waals surface area (Å²) < 4.78 is 1.11. The van der Waals surface area contributed by atoms with E-state index in [0.29, 0.717) is 25.2 Å². The van der Waals surface area contributed by atoms with Crippen LogP contribution in [0.25, 0.3) is 10.2 Å². The smallest absolute Gasteiger partial charge is 0.326 e. The quantitative estimate of drug-likeness (QED) is 0.822. The summed E-state index contributed by atoms with van der Waals surface area (Å²) >= 11 is 1.57. The number of hydrogen-bond donors (Lipinski definition) is 2. The molecule has 1 amide bonds. The molecule has 2 N–H and O–H groups in total. The molecule has 0 spiro atoms. The number of benzene rings is 1. The first kappa shape index (κ1) is 15.0. The molecule has 0 saturated heterocycles. The summed E-state index contributed by atoms with van der Waals surface area (Å²) in [6, 6.07) is 5.21. The highest BCUT2D eigenvalue weighted by Gasteiger charge is 2.29. The molecule has 1 aliphatic carbocycles. The SMILES string of the molecule is O=C(CCc1ccc2ncsc2c1)NC(CC1CC1)C(=O)O. The Balaban J connectivity index is 1.53. The fourth-order valence-electron chi connectivity index (χ4n) is 2.49. The summed E-state index contributed by atoms with van der Waals surface area (Å²) in [5.41, 5.74) is 3.84. The monoisotopic (exact) mass is 318 g/mol. The molecule has 1 heterocycles. The molecular weight excluding hydrogens is 300 g/mol. The van der Waals surface area contributed by atoms with Crippen molar-refractivity contribution in [2.24, 2.45) is 5.92 Å². The molecule has 0 bridgehead atoms. The minimum Gasteiger partial charge on any atom is -0.480 e. The van der Waals surface area contributed by atoms with Crippen molar-refractivity contribution in [1.29, 1.82) is 0 Å². The van der Waals surface area contributed by atoms with Crippen LogP contribution in [0.3, 0.4) is 0 Å². The Morgan fingerprint density at radius 1 is 1.41 bits per heavy atom. The lowest BCUT2D eigenvalue weighted by Gasteiger charge is -2.14. The van der Waals surface area contributed by atoms with Gasteiger partial charge in [-0.25, -0.2) is 9.78 Å². The molecule has 2 aromatic rings. The van der Waals surface area contributed by atoms with Crippen molar-refractivity contribution >= 4 is 33.4 Å². The van der Waals surface area contributed by atoms with Gasteiger partial charge in [0.25, 0.3) is 0 Å². The van der Waals surface area contributed by atoms with Crippen LogP contribution in [0, 0.1) is 5.92 Å². The number of hydrogen-bond acceptors (Lipinski definition) is 4. The number of rotatable bonds is 7. The van der Waals surface area contributed by atoms with Gasteiger partial charge in [-0.3, -0.25) is 4.79 Å². The van der Waals surface area contributed by atoms with Crippen molar-refractivity contribution in [1.82, 2.24) is 10.3 Å². The predicted molar refractivity (Wildman–Crippen MR) is 84.8 cm³/mol. The van der Waals surface area contributed by atoms with Gasteiger partial charge in [-0.15, -0.1) is 11.3 Å². The summed E-state index contributed by atoms with van der Waals surface area (Å²) in [6.07, 6.45) is 3.62. The molecule has 0 aliphatic heterocycles. The van der Waals surface area contributed by atoms with E-state index in [1.807, 2.05) is 18.2 Å². The van der Waals surface area contributed by atoms with Crippen LogP contribution in [0.15, 0.2) is 23.7 Å². The topological polar surface area (TPSA) is 79.3 Å². The van der Waals surface area contributed by atoms with Crippen LogP contribution in [0.1, 0.15) is 31.2 Å². The minimum atomic E-state index is -0.939. The molecule has 1 atom stereocenters. The van der Waals surface area contributed by atoms with Gasteiger partial charge in [0.05, 0.1) is 15.7 Å². The number of amides is 1. The molecule has 1 saturated carbocycles. The average Bonchev–Trinajstić information content (AvgIpc) is 3.19. The number of carbonyl (C=O) groups is 2. The first-order valence-corrected chi connectivity index (χ1v) is 8.34. The molecule has 1 unspecified atom stereocenters. The number of thiazole rings is 1. The van der Waals surface area contributed by atoms with Crippen molar-refractivity contribution in [3.05, 3.63) is 29.3 Å². The lowest BCUT2D eigenvalue weighted by atomic mass is 10.1. The van der Waals surface area contributed by atoms with E-state index in [1.54, 1.807) is 16.8 Å². The van der Waals surface area contributed by atoms with Gasteiger partial charge in [0.1, 0.15) is 6.04 Å². The molecule has 1 fully saturated rings. The van der Waals surface area contributed by atoms with Crippen molar-refractivity contribution < 1.29 is 14.7 Å². The molecule has 5 nitrogen and oxygen atoms in total. The number of carbonyl (C=O) groups excluding carboxylic acids is 1. The molecule has 6 heteroatoms. The first-order chi connectivity index (χ1) is 10.6. The Kier molecular flexibility index (Phi) is 4.38. The lowest BCUT2D eigenvalue weighted by molar-refractivity contribution is -0.142. The van der Waals surface area contributed by atoms with Crippen LogP contribution < -0.4 is 5.32 Å². The molecule has 116 valence electrons. The highest BCUT2D eigenvalue weighted by atomic mass is 32.1. The molecule has 1 aliphatic rings. The Labute approximate surface area is 132 Å². The zero-order valence-corrected chi connectivity index (χ0v) is 12.9. The lowest BCUT2D eigenvalue weighted by Crippen LogP contribution is -2.41. The van der Waals surface area contributed by atoms with Gasteiger partial charge >= 0.3 is 5.97 Å². The maximum absolute atomic E-state index is 12.0. The summed E-state index contributed by atoms with van der Waals surface area (Å²) in [5, 5.41) is 11.8. The van der Waals surface area contributed by atoms with Gasteiger partial charge in [-0.1, -0.05) is 18.9 Å². The molecule has 3 rings (SSSR count). The van der Waals surface area contributed by atoms with Crippen LogP contribution in [0.2, 0.25) is 0 Å². The number of aryl methyl sites for hydroxylation is 1. The van der Waals surface area contributed by atoms with E-state index >= 15 is 0 Å². The van der Waals surface area contributed by atoms with Crippen LogP contribution >= 0.6 is 11.3 Å². The number of nitrogens with zero attached hydrogens (tertiary/aromatic N) is 1. The fourth-order valence-corrected chi connectivity index (χ4v) is 3.23. The second-order valence-corrected chi connectivity index (χ2v) is 6.68. The van der Waals surface area contributed by atoms with E-state index in [-0.39, 0.29) is 5.91 Å². The summed E-state index contributed by atoms with van der Waals surface area (Å²) in [6.45, 7) is 0. The first-order valence-electron chi connectivity index (χ1n) is 7.46. The maximum atomic E-state index is 12.0. The van der Waals surface area contributed by atoms with Crippen LogP contribution in [0.4, 0.5) is 0 Å². The zero-order valence-electron chi connectivity index (χ0n) is 12.1. The van der Waals surface area contributed by atoms with Crippen molar-refractivity contribution in [3.8, 4) is 0 Å². The normalized spacial score (nSPS) is 15.6. The molecule has 22 heavy (non-hydrogen) atoms. The van der Waals surface area contributed by atoms with Gasteiger partial charge in [0.2, 0.25) is 5.91 Å². The van der Waals surface area contributed by atoms with Gasteiger partial charge in [-0.2, -0.15) is 0 Å². The Morgan fingerprint density at radius 3 is 2.95 bits per heavy atom. The van der Waals surface area contributed by atoms with E-state index in [9.17, 15) is 9.59 Å². The number of aliphatic carboxylic acids is 1. The van der Waals surface area contributed by atoms with E-state index in [1.165, 1.54) is 0 Å². The predicted octanol–water partition coefficient (Wildman–Crippen LogP) is 2.60. The largest absolute Gasteiger partial charge is 0.480 e. The third-order valence-corrected chi connectivity index (χ3v) is 4.73. The third-order valence-electron chi connectivity index (χ3n) is 3.94. The fraction of sp³-hybridized carbons (Fsp3) is 0.438. The maximum Gasteiger partial charge on any atom is 0.326 e. The minimum absolute atomic E-state index is 0.197. The second kappa shape index (κ2) is 6.44. The standard InChI is InChI=1S/C16H18N2O3S/c19-15(18-13(16(20)21)7-10-1-2-10)6-4-11-3-5-12-14(8-11)22-9-17-12/h3,5,8-10,13H,1-2,4,6-7H2,(H,18,19)(H,20,21). The Hall–Kier alpha value is -1.95. The summed E-state index contributed by atoms with van der Waals surface area (Å²) in [4.78, 5) is 27.4. The number of aromatic nitrogens is 1. The summed E-state index contributed by atoms with van der Waals surface area (Å²) in [7, 11) is 0. The number of carboxylic acid groups (broad SMARTS) is 1. The zero-order chi connectivity index (χ0) is 15.5. The van der Waals surface area contributed by atoms with Crippen molar-refractivity contribution in [2.45, 2.75) is 38.1 Å². The van der Waals surface area contributed by atoms with Crippen LogP contribution in [0.5, 0.6) is 0 Å². The van der Waals surface area contributed by atoms with Gasteiger partial charge in [0.15, 0.2) is 0 Å². The average molecular weight is 318 g/mol. The second-order valence-electron chi connectivity index (χ2n) is 5.79. The highest BCUT2D eigenvalue weighted by molar-refractivity contribution is 7.16. The number of fused-ring (bicyclic) bond motifs is 1. The van der Waals surface area contributed by atoms with Crippen molar-refractivity contribution in [2.75, 3.05) is 0 Å². The Bertz CT molecular complexity index is 694. The third kappa shape index (κ3) is 3.82. The van der Waals surface area contributed by atoms with E-state index < -0.39 is 12.0 Å². The number of nitrogens with one attached hydrogen (secondary N) is 1.